The predicted molar refractivity (Wildman–Crippen MR) is 72.7 cm³/mol. The van der Waals surface area contributed by atoms with Crippen LogP contribution >= 0.6 is 0 Å². The minimum atomic E-state index is 0.303. The third-order valence-electron chi connectivity index (χ3n) is 3.95. The molecule has 0 aromatic carbocycles. The minimum Gasteiger partial charge on any atom is -0.489 e. The smallest absolute Gasteiger partial charge is 0.159 e. The van der Waals surface area contributed by atoms with Crippen LogP contribution in [-0.2, 0) is 6.42 Å². The van der Waals surface area contributed by atoms with Crippen LogP contribution in [0.2, 0.25) is 0 Å². The van der Waals surface area contributed by atoms with Crippen LogP contribution in [0.5, 0.6) is 5.75 Å². The molecule has 0 aliphatic heterocycles. The number of rotatable bonds is 6. The van der Waals surface area contributed by atoms with Crippen molar-refractivity contribution in [1.29, 1.82) is 0 Å². The molecular formula is C15H22N2O. The number of aromatic nitrogens is 2. The van der Waals surface area contributed by atoms with E-state index in [9.17, 15) is 0 Å². The van der Waals surface area contributed by atoms with Crippen molar-refractivity contribution in [1.82, 2.24) is 9.97 Å². The molecule has 0 bridgehead atoms. The maximum atomic E-state index is 5.96. The lowest BCUT2D eigenvalue weighted by Crippen LogP contribution is -2.15. The van der Waals surface area contributed by atoms with Crippen LogP contribution in [0.25, 0.3) is 0 Å². The van der Waals surface area contributed by atoms with E-state index in [1.54, 1.807) is 6.20 Å². The van der Waals surface area contributed by atoms with Crippen LogP contribution in [0.3, 0.4) is 0 Å². The van der Waals surface area contributed by atoms with E-state index in [0.717, 1.165) is 42.6 Å². The first-order valence-electron chi connectivity index (χ1n) is 6.67. The third kappa shape index (κ3) is 2.55. The van der Waals surface area contributed by atoms with Crippen LogP contribution < -0.4 is 4.74 Å². The maximum Gasteiger partial charge on any atom is 0.159 e. The Labute approximate surface area is 109 Å². The van der Waals surface area contributed by atoms with E-state index in [4.69, 9.17) is 4.74 Å². The monoisotopic (exact) mass is 246 g/mol. The van der Waals surface area contributed by atoms with Gasteiger partial charge in [0.15, 0.2) is 5.75 Å². The van der Waals surface area contributed by atoms with Crippen molar-refractivity contribution >= 4 is 0 Å². The molecule has 1 heterocycles. The normalized spacial score (nSPS) is 25.8. The summed E-state index contributed by atoms with van der Waals surface area (Å²) in [7, 11) is 0. The highest BCUT2D eigenvalue weighted by Crippen LogP contribution is 2.55. The number of allylic oxidation sites excluding steroid dienone is 1. The molecule has 3 nitrogen and oxygen atoms in total. The molecule has 0 saturated heterocycles. The number of hydrogen-bond acceptors (Lipinski definition) is 3. The van der Waals surface area contributed by atoms with Gasteiger partial charge in [-0.3, -0.25) is 0 Å². The fraction of sp³-hybridized carbons (Fsp3) is 0.600. The molecule has 2 atom stereocenters. The van der Waals surface area contributed by atoms with Crippen LogP contribution in [0, 0.1) is 18.3 Å². The summed E-state index contributed by atoms with van der Waals surface area (Å²) in [6, 6.07) is 0. The van der Waals surface area contributed by atoms with E-state index in [1.165, 1.54) is 6.42 Å². The van der Waals surface area contributed by atoms with E-state index >= 15 is 0 Å². The molecule has 18 heavy (non-hydrogen) atoms. The minimum absolute atomic E-state index is 0.303. The van der Waals surface area contributed by atoms with E-state index in [1.807, 2.05) is 13.0 Å². The summed E-state index contributed by atoms with van der Waals surface area (Å²) in [5.41, 5.74) is 1.31. The van der Waals surface area contributed by atoms with Gasteiger partial charge in [-0.2, -0.15) is 0 Å². The van der Waals surface area contributed by atoms with Crippen molar-refractivity contribution in [3.8, 4) is 5.75 Å². The van der Waals surface area contributed by atoms with Gasteiger partial charge in [0.1, 0.15) is 5.82 Å². The molecule has 1 fully saturated rings. The van der Waals surface area contributed by atoms with Crippen molar-refractivity contribution in [3.05, 3.63) is 30.4 Å². The lowest BCUT2D eigenvalue weighted by atomic mass is 10.0. The van der Waals surface area contributed by atoms with Gasteiger partial charge in [-0.25, -0.2) is 9.97 Å². The average Bonchev–Trinajstić information content (AvgIpc) is 2.98. The van der Waals surface area contributed by atoms with Crippen LogP contribution in [0.1, 0.15) is 38.2 Å². The lowest BCUT2D eigenvalue weighted by molar-refractivity contribution is 0.220. The fourth-order valence-electron chi connectivity index (χ4n) is 2.48. The van der Waals surface area contributed by atoms with E-state index < -0.39 is 0 Å². The standard InChI is InChI=1S/C15H22N2O/c1-5-7-15(8-11(15)3)10-18-14-9-16-12(4)17-13(14)6-2/h5,9,11H,1,6-8,10H2,2-4H3/t11?,15-/m1/s1. The molecule has 98 valence electrons. The Kier molecular flexibility index (Phi) is 3.69. The number of nitrogens with zero attached hydrogens (tertiary/aromatic N) is 2. The molecule has 3 heteroatoms. The van der Waals surface area contributed by atoms with Crippen molar-refractivity contribution in [3.63, 3.8) is 0 Å². The Morgan fingerprint density at radius 2 is 2.33 bits per heavy atom. The van der Waals surface area contributed by atoms with Gasteiger partial charge in [0.05, 0.1) is 18.5 Å². The van der Waals surface area contributed by atoms with Gasteiger partial charge >= 0.3 is 0 Å². The van der Waals surface area contributed by atoms with Gasteiger partial charge < -0.3 is 4.74 Å². The Bertz CT molecular complexity index is 444. The van der Waals surface area contributed by atoms with Crippen molar-refractivity contribution in [2.75, 3.05) is 6.61 Å². The SMILES string of the molecule is C=CC[C@]1(COc2cnc(C)nc2CC)CC1C. The van der Waals surface area contributed by atoms with Gasteiger partial charge in [0.25, 0.3) is 0 Å². The van der Waals surface area contributed by atoms with E-state index in [0.29, 0.717) is 5.41 Å². The maximum absolute atomic E-state index is 5.96. The zero-order valence-corrected chi connectivity index (χ0v) is 11.6. The molecule has 0 spiro atoms. The zero-order valence-electron chi connectivity index (χ0n) is 11.6. The van der Waals surface area contributed by atoms with Gasteiger partial charge in [-0.1, -0.05) is 19.9 Å². The fourth-order valence-corrected chi connectivity index (χ4v) is 2.48. The molecule has 0 amide bonds. The molecule has 1 aliphatic rings. The summed E-state index contributed by atoms with van der Waals surface area (Å²) in [5, 5.41) is 0. The first-order valence-corrected chi connectivity index (χ1v) is 6.67. The topological polar surface area (TPSA) is 35.0 Å². The molecule has 1 unspecified atom stereocenters. The summed E-state index contributed by atoms with van der Waals surface area (Å²) >= 11 is 0. The molecule has 0 radical (unpaired) electrons. The molecule has 1 aliphatic carbocycles. The van der Waals surface area contributed by atoms with Gasteiger partial charge in [-0.05, 0) is 32.1 Å². The molecular weight excluding hydrogens is 224 g/mol. The van der Waals surface area contributed by atoms with Gasteiger partial charge in [0, 0.05) is 5.41 Å². The van der Waals surface area contributed by atoms with Gasteiger partial charge in [-0.15, -0.1) is 6.58 Å². The molecule has 2 rings (SSSR count). The summed E-state index contributed by atoms with van der Waals surface area (Å²) in [6.07, 6.45) is 6.94. The average molecular weight is 246 g/mol. The highest BCUT2D eigenvalue weighted by Gasteiger charge is 2.50. The Hall–Kier alpha value is -1.38. The molecule has 1 aromatic heterocycles. The number of aryl methyl sites for hydroxylation is 2. The lowest BCUT2D eigenvalue weighted by Gasteiger charge is -2.17. The summed E-state index contributed by atoms with van der Waals surface area (Å²) in [6.45, 7) is 10.9. The Morgan fingerprint density at radius 1 is 1.61 bits per heavy atom. The van der Waals surface area contributed by atoms with Crippen LogP contribution in [0.4, 0.5) is 0 Å². The first-order chi connectivity index (χ1) is 8.61. The molecule has 1 aromatic rings. The third-order valence-corrected chi connectivity index (χ3v) is 3.95. The zero-order chi connectivity index (χ0) is 13.2. The summed E-state index contributed by atoms with van der Waals surface area (Å²) < 4.78 is 5.96. The predicted octanol–water partition coefficient (Wildman–Crippen LogP) is 3.33. The van der Waals surface area contributed by atoms with Gasteiger partial charge in [0.2, 0.25) is 0 Å². The highest BCUT2D eigenvalue weighted by atomic mass is 16.5. The quantitative estimate of drug-likeness (QED) is 0.722. The highest BCUT2D eigenvalue weighted by molar-refractivity contribution is 5.25. The number of ether oxygens (including phenoxy) is 1. The molecule has 1 saturated carbocycles. The summed E-state index contributed by atoms with van der Waals surface area (Å²) in [4.78, 5) is 8.64. The van der Waals surface area contributed by atoms with Crippen molar-refractivity contribution < 1.29 is 4.74 Å². The van der Waals surface area contributed by atoms with E-state index in [-0.39, 0.29) is 0 Å². The number of hydrogen-bond donors (Lipinski definition) is 0. The Balaban J connectivity index is 2.04. The second-order valence-corrected chi connectivity index (χ2v) is 5.33. The van der Waals surface area contributed by atoms with Crippen molar-refractivity contribution in [2.24, 2.45) is 11.3 Å². The second-order valence-electron chi connectivity index (χ2n) is 5.33. The van der Waals surface area contributed by atoms with E-state index in [2.05, 4.69) is 30.4 Å². The van der Waals surface area contributed by atoms with Crippen LogP contribution in [-0.4, -0.2) is 16.6 Å². The first kappa shape index (κ1) is 13.1. The largest absolute Gasteiger partial charge is 0.489 e. The van der Waals surface area contributed by atoms with Crippen molar-refractivity contribution in [2.45, 2.75) is 40.0 Å². The molecule has 0 N–H and O–H groups in total. The Morgan fingerprint density at radius 3 is 2.89 bits per heavy atom. The summed E-state index contributed by atoms with van der Waals surface area (Å²) in [5.74, 6) is 2.37. The second kappa shape index (κ2) is 5.09. The van der Waals surface area contributed by atoms with Crippen LogP contribution in [0.15, 0.2) is 18.9 Å².